The molecule has 0 unspecified atom stereocenters. The molecular formula is C42H24OS. The molecule has 0 N–H and O–H groups in total. The lowest BCUT2D eigenvalue weighted by atomic mass is 9.92. The number of hydrogen-bond donors (Lipinski definition) is 0. The van der Waals surface area contributed by atoms with Gasteiger partial charge in [-0.1, -0.05) is 121 Å². The summed E-state index contributed by atoms with van der Waals surface area (Å²) in [5.41, 5.74) is 6.62. The maximum Gasteiger partial charge on any atom is 0.143 e. The predicted octanol–water partition coefficient (Wildman–Crippen LogP) is 12.7. The Morgan fingerprint density at radius 1 is 0.364 bits per heavy atom. The summed E-state index contributed by atoms with van der Waals surface area (Å²) in [6, 6.07) is 52.8. The number of thiophene rings is 1. The van der Waals surface area contributed by atoms with Gasteiger partial charge in [0.25, 0.3) is 0 Å². The molecule has 0 atom stereocenters. The van der Waals surface area contributed by atoms with Crippen molar-refractivity contribution in [3.63, 3.8) is 0 Å². The summed E-state index contributed by atoms with van der Waals surface area (Å²) in [6.45, 7) is 0. The monoisotopic (exact) mass is 576 g/mol. The van der Waals surface area contributed by atoms with Crippen LogP contribution >= 0.6 is 11.3 Å². The van der Waals surface area contributed by atoms with Gasteiger partial charge in [0.05, 0.1) is 0 Å². The highest BCUT2D eigenvalue weighted by molar-refractivity contribution is 7.26. The highest BCUT2D eigenvalue weighted by Gasteiger charge is 2.20. The van der Waals surface area contributed by atoms with Crippen molar-refractivity contribution in [1.82, 2.24) is 0 Å². The summed E-state index contributed by atoms with van der Waals surface area (Å²) < 4.78 is 9.68. The molecule has 0 spiro atoms. The molecule has 0 amide bonds. The first-order valence-electron chi connectivity index (χ1n) is 15.0. The summed E-state index contributed by atoms with van der Waals surface area (Å²) >= 11 is 1.88. The van der Waals surface area contributed by atoms with Crippen LogP contribution in [-0.4, -0.2) is 0 Å². The largest absolute Gasteiger partial charge is 0.455 e. The first-order valence-corrected chi connectivity index (χ1v) is 15.8. The molecule has 10 aromatic rings. The van der Waals surface area contributed by atoms with Crippen LogP contribution in [0, 0.1) is 0 Å². The van der Waals surface area contributed by atoms with Gasteiger partial charge >= 0.3 is 0 Å². The van der Waals surface area contributed by atoms with Crippen LogP contribution in [-0.2, 0) is 0 Å². The van der Waals surface area contributed by atoms with Crippen LogP contribution < -0.4 is 0 Å². The zero-order valence-corrected chi connectivity index (χ0v) is 24.5. The fourth-order valence-electron chi connectivity index (χ4n) is 7.28. The smallest absolute Gasteiger partial charge is 0.143 e. The molecular weight excluding hydrogens is 553 g/mol. The molecule has 0 aliphatic carbocycles. The Morgan fingerprint density at radius 2 is 0.977 bits per heavy atom. The lowest BCUT2D eigenvalue weighted by Crippen LogP contribution is -1.84. The topological polar surface area (TPSA) is 13.1 Å². The average molecular weight is 577 g/mol. The van der Waals surface area contributed by atoms with Gasteiger partial charge in [-0.05, 0) is 67.9 Å². The van der Waals surface area contributed by atoms with Gasteiger partial charge in [-0.2, -0.15) is 0 Å². The van der Waals surface area contributed by atoms with E-state index in [-0.39, 0.29) is 0 Å². The molecule has 2 heteroatoms. The van der Waals surface area contributed by atoms with Gasteiger partial charge in [0, 0.05) is 41.9 Å². The van der Waals surface area contributed by atoms with Gasteiger partial charge in [-0.25, -0.2) is 0 Å². The standard InChI is InChI=1S/C42H24OS/c1-2-11-25(12-3-1)36-23-26(27-18-10-19-35-31-16-8-9-20-38(31)44-42(27)35)24-37-34-22-21-33-30-15-5-4-13-28(30)29-14-6-7-17-32(29)39(33)41(34)43-40(36)37/h1-24H. The maximum atomic E-state index is 7.04. The lowest BCUT2D eigenvalue weighted by Gasteiger charge is -2.10. The van der Waals surface area contributed by atoms with Crippen molar-refractivity contribution in [3.8, 4) is 22.3 Å². The molecule has 0 aliphatic rings. The molecule has 44 heavy (non-hydrogen) atoms. The Morgan fingerprint density at radius 3 is 1.77 bits per heavy atom. The number of hydrogen-bond acceptors (Lipinski definition) is 2. The predicted molar refractivity (Wildman–Crippen MR) is 190 cm³/mol. The second-order valence-corrected chi connectivity index (χ2v) is 12.7. The molecule has 0 saturated heterocycles. The van der Waals surface area contributed by atoms with E-state index < -0.39 is 0 Å². The van der Waals surface area contributed by atoms with E-state index in [1.54, 1.807) is 0 Å². The van der Waals surface area contributed by atoms with Crippen molar-refractivity contribution in [1.29, 1.82) is 0 Å². The summed E-state index contributed by atoms with van der Waals surface area (Å²) in [7, 11) is 0. The number of fused-ring (bicyclic) bond motifs is 13. The molecule has 0 saturated carbocycles. The number of rotatable bonds is 2. The minimum Gasteiger partial charge on any atom is -0.455 e. The van der Waals surface area contributed by atoms with Crippen LogP contribution in [0.25, 0.3) is 96.7 Å². The van der Waals surface area contributed by atoms with E-state index in [1.165, 1.54) is 63.6 Å². The van der Waals surface area contributed by atoms with E-state index in [9.17, 15) is 0 Å². The molecule has 0 bridgehead atoms. The minimum absolute atomic E-state index is 0.934. The van der Waals surface area contributed by atoms with Crippen molar-refractivity contribution in [2.75, 3.05) is 0 Å². The fourth-order valence-corrected chi connectivity index (χ4v) is 8.52. The Kier molecular flexibility index (Phi) is 4.94. The zero-order chi connectivity index (χ0) is 28.8. The van der Waals surface area contributed by atoms with Crippen molar-refractivity contribution in [3.05, 3.63) is 146 Å². The quantitative estimate of drug-likeness (QED) is 0.187. The van der Waals surface area contributed by atoms with E-state index in [1.807, 2.05) is 11.3 Å². The van der Waals surface area contributed by atoms with E-state index >= 15 is 0 Å². The van der Waals surface area contributed by atoms with Crippen LogP contribution in [0.3, 0.4) is 0 Å². The highest BCUT2D eigenvalue weighted by Crippen LogP contribution is 2.47. The van der Waals surface area contributed by atoms with Crippen LogP contribution in [0.1, 0.15) is 0 Å². The number of furan rings is 1. The average Bonchev–Trinajstić information content (AvgIpc) is 3.67. The van der Waals surface area contributed by atoms with Crippen molar-refractivity contribution < 1.29 is 4.42 Å². The van der Waals surface area contributed by atoms with Gasteiger partial charge in [0.15, 0.2) is 0 Å². The zero-order valence-electron chi connectivity index (χ0n) is 23.7. The maximum absolute atomic E-state index is 7.04. The van der Waals surface area contributed by atoms with E-state index in [0.717, 1.165) is 33.1 Å². The third-order valence-corrected chi connectivity index (χ3v) is 10.5. The van der Waals surface area contributed by atoms with Crippen LogP contribution in [0.5, 0.6) is 0 Å². The second-order valence-electron chi connectivity index (χ2n) is 11.6. The lowest BCUT2D eigenvalue weighted by molar-refractivity contribution is 0.674. The van der Waals surface area contributed by atoms with E-state index in [4.69, 9.17) is 4.42 Å². The third kappa shape index (κ3) is 3.29. The fraction of sp³-hybridized carbons (Fsp3) is 0. The van der Waals surface area contributed by atoms with Crippen molar-refractivity contribution in [2.24, 2.45) is 0 Å². The van der Waals surface area contributed by atoms with E-state index in [0.29, 0.717) is 0 Å². The number of benzene rings is 8. The van der Waals surface area contributed by atoms with Gasteiger partial charge in [0.2, 0.25) is 0 Å². The molecule has 1 nitrogen and oxygen atoms in total. The Labute approximate surface area is 257 Å². The molecule has 204 valence electrons. The Hall–Kier alpha value is -5.44. The minimum atomic E-state index is 0.934. The van der Waals surface area contributed by atoms with Crippen LogP contribution in [0.4, 0.5) is 0 Å². The molecule has 0 fully saturated rings. The summed E-state index contributed by atoms with van der Waals surface area (Å²) in [4.78, 5) is 0. The highest BCUT2D eigenvalue weighted by atomic mass is 32.1. The molecule has 2 heterocycles. The van der Waals surface area contributed by atoms with Gasteiger partial charge < -0.3 is 4.42 Å². The van der Waals surface area contributed by atoms with E-state index in [2.05, 4.69) is 146 Å². The second kappa shape index (κ2) is 9.03. The summed E-state index contributed by atoms with van der Waals surface area (Å²) in [6.07, 6.45) is 0. The van der Waals surface area contributed by atoms with Crippen LogP contribution in [0.15, 0.2) is 150 Å². The normalized spacial score (nSPS) is 12.1. The Balaban J connectivity index is 1.37. The summed E-state index contributed by atoms with van der Waals surface area (Å²) in [5, 5.41) is 12.3. The van der Waals surface area contributed by atoms with Crippen molar-refractivity contribution in [2.45, 2.75) is 0 Å². The van der Waals surface area contributed by atoms with Gasteiger partial charge in [-0.3, -0.25) is 0 Å². The first-order chi connectivity index (χ1) is 21.8. The molecule has 8 aromatic carbocycles. The molecule has 0 radical (unpaired) electrons. The molecule has 0 aliphatic heterocycles. The molecule has 2 aromatic heterocycles. The SMILES string of the molecule is c1ccc(-c2cc(-c3cccc4c3sc3ccccc34)cc3c2oc2c3ccc3c4ccccc4c4ccccc4c32)cc1. The van der Waals surface area contributed by atoms with Crippen molar-refractivity contribution >= 4 is 85.8 Å². The molecule has 10 rings (SSSR count). The van der Waals surface area contributed by atoms with Gasteiger partial charge in [-0.15, -0.1) is 11.3 Å². The summed E-state index contributed by atoms with van der Waals surface area (Å²) in [5.74, 6) is 0. The Bertz CT molecular complexity index is 2730. The van der Waals surface area contributed by atoms with Gasteiger partial charge in [0.1, 0.15) is 11.2 Å². The first kappa shape index (κ1) is 24.0. The van der Waals surface area contributed by atoms with Crippen LogP contribution in [0.2, 0.25) is 0 Å². The third-order valence-electron chi connectivity index (χ3n) is 9.24.